The Labute approximate surface area is 136 Å². The van der Waals surface area contributed by atoms with Gasteiger partial charge in [-0.3, -0.25) is 9.59 Å². The molecule has 3 heteroatoms. The summed E-state index contributed by atoms with van der Waals surface area (Å²) in [7, 11) is 0. The van der Waals surface area contributed by atoms with Crippen molar-refractivity contribution in [3.63, 3.8) is 0 Å². The van der Waals surface area contributed by atoms with Crippen LogP contribution < -0.4 is 4.74 Å². The van der Waals surface area contributed by atoms with Gasteiger partial charge in [-0.15, -0.1) is 0 Å². The first-order valence-corrected chi connectivity index (χ1v) is 8.51. The van der Waals surface area contributed by atoms with Gasteiger partial charge in [0.2, 0.25) is 0 Å². The van der Waals surface area contributed by atoms with E-state index < -0.39 is 0 Å². The van der Waals surface area contributed by atoms with Crippen molar-refractivity contribution in [3.8, 4) is 5.75 Å². The van der Waals surface area contributed by atoms with E-state index in [0.29, 0.717) is 29.9 Å². The molecular formula is C20H22O3. The molecule has 1 aromatic rings. The lowest BCUT2D eigenvalue weighted by Crippen LogP contribution is -2.41. The lowest BCUT2D eigenvalue weighted by atomic mass is 9.55. The summed E-state index contributed by atoms with van der Waals surface area (Å²) in [5.74, 6) is 1.83. The van der Waals surface area contributed by atoms with Crippen LogP contribution in [0, 0.1) is 17.3 Å². The van der Waals surface area contributed by atoms with Gasteiger partial charge in [0.15, 0.2) is 5.78 Å². The van der Waals surface area contributed by atoms with Gasteiger partial charge in [-0.1, -0.05) is 25.1 Å². The third-order valence-corrected chi connectivity index (χ3v) is 6.17. The molecule has 3 aliphatic rings. The fourth-order valence-corrected chi connectivity index (χ4v) is 5.09. The Morgan fingerprint density at radius 1 is 1.35 bits per heavy atom. The van der Waals surface area contributed by atoms with E-state index in [2.05, 4.69) is 19.1 Å². The summed E-state index contributed by atoms with van der Waals surface area (Å²) in [6, 6.07) is 5.60. The zero-order valence-electron chi connectivity index (χ0n) is 13.7. The number of allylic oxidation sites excluding steroid dienone is 2. The molecule has 3 nitrogen and oxygen atoms in total. The van der Waals surface area contributed by atoms with Gasteiger partial charge in [0.05, 0.1) is 0 Å². The third-order valence-electron chi connectivity index (χ3n) is 6.17. The highest BCUT2D eigenvalue weighted by atomic mass is 16.5. The van der Waals surface area contributed by atoms with Crippen molar-refractivity contribution in [1.82, 2.24) is 0 Å². The van der Waals surface area contributed by atoms with Crippen LogP contribution in [0.4, 0.5) is 0 Å². The molecule has 0 bridgehead atoms. The van der Waals surface area contributed by atoms with Crippen molar-refractivity contribution in [2.75, 3.05) is 0 Å². The number of fused-ring (bicyclic) bond motifs is 5. The van der Waals surface area contributed by atoms with E-state index in [-0.39, 0.29) is 17.2 Å². The zero-order valence-corrected chi connectivity index (χ0v) is 13.7. The van der Waals surface area contributed by atoms with Crippen LogP contribution in [0.1, 0.15) is 61.4 Å². The summed E-state index contributed by atoms with van der Waals surface area (Å²) in [4.78, 5) is 23.8. The molecule has 23 heavy (non-hydrogen) atoms. The number of carbonyl (C=O) groups is 2. The Balaban J connectivity index is 1.71. The standard InChI is InChI=1S/C20H22O3/c1-12(21)23-13-5-6-14-15-7-9-20(2)8-3-4-18(20)16(15)11-19(22)17(14)10-13/h3,5-6,8,10,15-16,18H,4,7,9,11H2,1-2H3. The first kappa shape index (κ1) is 14.7. The highest BCUT2D eigenvalue weighted by molar-refractivity contribution is 5.99. The molecule has 1 fully saturated rings. The predicted molar refractivity (Wildman–Crippen MR) is 87.5 cm³/mol. The van der Waals surface area contributed by atoms with Crippen LogP contribution in [0.15, 0.2) is 30.4 Å². The molecule has 4 rings (SSSR count). The maximum absolute atomic E-state index is 12.7. The van der Waals surface area contributed by atoms with Gasteiger partial charge in [0, 0.05) is 18.9 Å². The van der Waals surface area contributed by atoms with E-state index in [9.17, 15) is 9.59 Å². The van der Waals surface area contributed by atoms with Crippen molar-refractivity contribution < 1.29 is 14.3 Å². The second-order valence-electron chi connectivity index (χ2n) is 7.53. The van der Waals surface area contributed by atoms with E-state index in [1.807, 2.05) is 12.1 Å². The molecule has 4 atom stereocenters. The van der Waals surface area contributed by atoms with Crippen LogP contribution in [-0.2, 0) is 4.79 Å². The maximum Gasteiger partial charge on any atom is 0.308 e. The Kier molecular flexibility index (Phi) is 3.22. The summed E-state index contributed by atoms with van der Waals surface area (Å²) in [6.07, 6.45) is 8.73. The number of esters is 1. The lowest BCUT2D eigenvalue weighted by molar-refractivity contribution is -0.131. The quantitative estimate of drug-likeness (QED) is 0.442. The monoisotopic (exact) mass is 310 g/mol. The van der Waals surface area contributed by atoms with E-state index in [1.54, 1.807) is 6.07 Å². The fraction of sp³-hybridized carbons (Fsp3) is 0.500. The van der Waals surface area contributed by atoms with E-state index in [1.165, 1.54) is 13.3 Å². The molecule has 0 amide bonds. The number of Topliss-reactive ketones (excluding diaryl/α,β-unsaturated/α-hetero) is 1. The molecule has 0 spiro atoms. The molecule has 0 heterocycles. The van der Waals surface area contributed by atoms with Crippen molar-refractivity contribution in [3.05, 3.63) is 41.5 Å². The van der Waals surface area contributed by atoms with Crippen molar-refractivity contribution >= 4 is 11.8 Å². The molecule has 4 unspecified atom stereocenters. The molecule has 120 valence electrons. The molecule has 1 saturated carbocycles. The summed E-state index contributed by atoms with van der Waals surface area (Å²) in [5.41, 5.74) is 2.20. The number of hydrogen-bond acceptors (Lipinski definition) is 3. The number of ketones is 1. The van der Waals surface area contributed by atoms with Crippen LogP contribution in [0.2, 0.25) is 0 Å². The molecular weight excluding hydrogens is 288 g/mol. The molecule has 0 aliphatic heterocycles. The minimum Gasteiger partial charge on any atom is -0.427 e. The first-order chi connectivity index (χ1) is 11.0. The normalized spacial score (nSPS) is 34.5. The molecule has 0 aromatic heterocycles. The predicted octanol–water partition coefficient (Wildman–Crippen LogP) is 4.27. The van der Waals surface area contributed by atoms with Gasteiger partial charge in [-0.2, -0.15) is 0 Å². The molecule has 1 aromatic carbocycles. The zero-order chi connectivity index (χ0) is 16.2. The molecule has 0 N–H and O–H groups in total. The Hall–Kier alpha value is -1.90. The van der Waals surface area contributed by atoms with Crippen LogP contribution in [0.5, 0.6) is 5.75 Å². The van der Waals surface area contributed by atoms with Gasteiger partial charge >= 0.3 is 5.97 Å². The van der Waals surface area contributed by atoms with Gasteiger partial charge in [0.25, 0.3) is 0 Å². The Morgan fingerprint density at radius 2 is 2.17 bits per heavy atom. The van der Waals surface area contributed by atoms with Crippen molar-refractivity contribution in [1.29, 1.82) is 0 Å². The SMILES string of the molecule is CC(=O)Oc1ccc2c(c1)C(=O)CC1C2CCC2(C)C=CCC12. The van der Waals surface area contributed by atoms with Crippen molar-refractivity contribution in [2.24, 2.45) is 17.3 Å². The largest absolute Gasteiger partial charge is 0.427 e. The second kappa shape index (κ2) is 5.05. The van der Waals surface area contributed by atoms with Gasteiger partial charge in [0.1, 0.15) is 5.75 Å². The van der Waals surface area contributed by atoms with Crippen molar-refractivity contribution in [2.45, 2.75) is 45.4 Å². The summed E-state index contributed by atoms with van der Waals surface area (Å²) >= 11 is 0. The Morgan fingerprint density at radius 3 is 2.96 bits per heavy atom. The van der Waals surface area contributed by atoms with Crippen LogP contribution in [0.3, 0.4) is 0 Å². The molecule has 3 aliphatic carbocycles. The summed E-state index contributed by atoms with van der Waals surface area (Å²) in [5, 5.41) is 0. The fourth-order valence-electron chi connectivity index (χ4n) is 5.09. The first-order valence-electron chi connectivity index (χ1n) is 8.51. The number of carbonyl (C=O) groups excluding carboxylic acids is 2. The smallest absolute Gasteiger partial charge is 0.308 e. The van der Waals surface area contributed by atoms with Gasteiger partial charge < -0.3 is 4.74 Å². The maximum atomic E-state index is 12.7. The Bertz CT molecular complexity index is 718. The lowest BCUT2D eigenvalue weighted by Gasteiger charge is -2.48. The highest BCUT2D eigenvalue weighted by Gasteiger charge is 2.49. The minimum absolute atomic E-state index is 0.200. The van der Waals surface area contributed by atoms with Gasteiger partial charge in [-0.25, -0.2) is 0 Å². The van der Waals surface area contributed by atoms with Crippen LogP contribution in [0.25, 0.3) is 0 Å². The highest BCUT2D eigenvalue weighted by Crippen LogP contribution is 2.58. The van der Waals surface area contributed by atoms with E-state index in [4.69, 9.17) is 4.74 Å². The third kappa shape index (κ3) is 2.25. The number of rotatable bonds is 1. The average Bonchev–Trinajstić information content (AvgIpc) is 2.89. The number of benzene rings is 1. The van der Waals surface area contributed by atoms with Crippen LogP contribution >= 0.6 is 0 Å². The van der Waals surface area contributed by atoms with E-state index >= 15 is 0 Å². The minimum atomic E-state index is -0.350. The summed E-state index contributed by atoms with van der Waals surface area (Å²) in [6.45, 7) is 3.73. The van der Waals surface area contributed by atoms with Crippen LogP contribution in [-0.4, -0.2) is 11.8 Å². The molecule has 0 saturated heterocycles. The second-order valence-corrected chi connectivity index (χ2v) is 7.53. The topological polar surface area (TPSA) is 43.4 Å². The average molecular weight is 310 g/mol. The van der Waals surface area contributed by atoms with Gasteiger partial charge in [-0.05, 0) is 60.1 Å². The van der Waals surface area contributed by atoms with E-state index in [0.717, 1.165) is 24.0 Å². The number of ether oxygens (including phenoxy) is 1. The number of hydrogen-bond donors (Lipinski definition) is 0. The molecule has 0 radical (unpaired) electrons. The summed E-state index contributed by atoms with van der Waals surface area (Å²) < 4.78 is 5.15.